The van der Waals surface area contributed by atoms with E-state index in [2.05, 4.69) is 35.0 Å². The Kier molecular flexibility index (Phi) is 5.53. The summed E-state index contributed by atoms with van der Waals surface area (Å²) in [5.41, 5.74) is 2.25. The largest absolute Gasteiger partial charge is 0.272 e. The van der Waals surface area contributed by atoms with Crippen molar-refractivity contribution in [2.75, 3.05) is 5.75 Å². The first kappa shape index (κ1) is 17.5. The number of hydrogen-bond donors (Lipinski definition) is 0. The van der Waals surface area contributed by atoms with Crippen molar-refractivity contribution in [3.8, 4) is 0 Å². The van der Waals surface area contributed by atoms with Crippen LogP contribution in [0.3, 0.4) is 0 Å². The van der Waals surface area contributed by atoms with Gasteiger partial charge in [-0.05, 0) is 28.5 Å². The topological polar surface area (TPSA) is 32.7 Å². The van der Waals surface area contributed by atoms with E-state index in [0.717, 1.165) is 22.8 Å². The highest BCUT2D eigenvalue weighted by atomic mass is 32.2. The van der Waals surface area contributed by atoms with E-state index in [0.29, 0.717) is 5.75 Å². The molecule has 3 heterocycles. The number of rotatable bonds is 6. The van der Waals surface area contributed by atoms with E-state index in [9.17, 15) is 4.79 Å². The van der Waals surface area contributed by atoms with Crippen LogP contribution in [0.5, 0.6) is 0 Å². The van der Waals surface area contributed by atoms with E-state index in [-0.39, 0.29) is 11.9 Å². The molecule has 0 radical (unpaired) electrons. The first-order chi connectivity index (χ1) is 12.8. The summed E-state index contributed by atoms with van der Waals surface area (Å²) in [7, 11) is 0. The number of carbonyl (C=O) groups is 1. The van der Waals surface area contributed by atoms with Gasteiger partial charge in [-0.15, -0.1) is 34.4 Å². The molecule has 3 aromatic rings. The fourth-order valence-corrected chi connectivity index (χ4v) is 5.30. The highest BCUT2D eigenvalue weighted by Gasteiger charge is 2.33. The second-order valence-electron chi connectivity index (χ2n) is 5.98. The Balaban J connectivity index is 1.46. The van der Waals surface area contributed by atoms with Gasteiger partial charge < -0.3 is 0 Å². The molecule has 0 N–H and O–H groups in total. The van der Waals surface area contributed by atoms with Gasteiger partial charge in [-0.1, -0.05) is 42.5 Å². The molecule has 0 unspecified atom stereocenters. The van der Waals surface area contributed by atoms with E-state index in [1.54, 1.807) is 39.4 Å². The van der Waals surface area contributed by atoms with Crippen LogP contribution in [-0.4, -0.2) is 22.4 Å². The molecule has 1 aliphatic rings. The third-order valence-electron chi connectivity index (χ3n) is 4.18. The Labute approximate surface area is 165 Å². The smallest absolute Gasteiger partial charge is 0.253 e. The van der Waals surface area contributed by atoms with Crippen LogP contribution in [0.4, 0.5) is 0 Å². The van der Waals surface area contributed by atoms with Gasteiger partial charge in [0.2, 0.25) is 0 Å². The molecule has 0 bridgehead atoms. The van der Waals surface area contributed by atoms with Gasteiger partial charge in [0.15, 0.2) is 0 Å². The molecule has 0 saturated carbocycles. The van der Waals surface area contributed by atoms with Crippen molar-refractivity contribution in [3.05, 3.63) is 80.7 Å². The van der Waals surface area contributed by atoms with Crippen molar-refractivity contribution in [2.45, 2.75) is 18.2 Å². The zero-order valence-corrected chi connectivity index (χ0v) is 16.5. The molecule has 3 nitrogen and oxygen atoms in total. The summed E-state index contributed by atoms with van der Waals surface area (Å²) in [5.74, 6) is 1.36. The van der Waals surface area contributed by atoms with Crippen LogP contribution >= 0.6 is 34.4 Å². The number of nitrogens with zero attached hydrogens (tertiary/aromatic N) is 2. The number of thioether (sulfide) groups is 1. The lowest BCUT2D eigenvalue weighted by molar-refractivity contribution is -0.130. The van der Waals surface area contributed by atoms with Gasteiger partial charge >= 0.3 is 0 Å². The number of thiophene rings is 2. The number of carbonyl (C=O) groups excluding carboxylic acids is 1. The fourth-order valence-electron chi connectivity index (χ4n) is 2.93. The molecule has 132 valence electrons. The van der Waals surface area contributed by atoms with Crippen LogP contribution in [0.25, 0.3) is 0 Å². The molecule has 1 atom stereocenters. The molecule has 1 aliphatic heterocycles. The van der Waals surface area contributed by atoms with Crippen LogP contribution in [0.15, 0.2) is 70.5 Å². The summed E-state index contributed by atoms with van der Waals surface area (Å²) in [6.45, 7) is 0. The molecule has 1 aromatic carbocycles. The maximum atomic E-state index is 12.9. The molecule has 6 heteroatoms. The average Bonchev–Trinajstić information content (AvgIpc) is 3.42. The lowest BCUT2D eigenvalue weighted by Gasteiger charge is -2.20. The first-order valence-electron chi connectivity index (χ1n) is 8.40. The van der Waals surface area contributed by atoms with Gasteiger partial charge in [0, 0.05) is 17.1 Å². The Morgan fingerprint density at radius 3 is 2.62 bits per heavy atom. The van der Waals surface area contributed by atoms with Gasteiger partial charge in [0.05, 0.1) is 22.4 Å². The van der Waals surface area contributed by atoms with Gasteiger partial charge in [-0.3, -0.25) is 4.79 Å². The van der Waals surface area contributed by atoms with Crippen LogP contribution in [0.1, 0.15) is 27.8 Å². The second-order valence-corrected chi connectivity index (χ2v) is 8.89. The Morgan fingerprint density at radius 1 is 1.08 bits per heavy atom. The van der Waals surface area contributed by atoms with E-state index < -0.39 is 0 Å². The normalized spacial score (nSPS) is 16.7. The molecular formula is C20H18N2OS3. The maximum Gasteiger partial charge on any atom is 0.253 e. The third kappa shape index (κ3) is 3.92. The maximum absolute atomic E-state index is 12.9. The third-order valence-corrected chi connectivity index (χ3v) is 7.06. The number of hydrazone groups is 1. The van der Waals surface area contributed by atoms with Crippen molar-refractivity contribution in [2.24, 2.45) is 5.10 Å². The quantitative estimate of drug-likeness (QED) is 0.555. The SMILES string of the molecule is O=C(CSCc1ccccc1)N1N=C(c2cccs2)C[C@H]1c1cccs1. The summed E-state index contributed by atoms with van der Waals surface area (Å²) in [4.78, 5) is 15.2. The molecular weight excluding hydrogens is 380 g/mol. The van der Waals surface area contributed by atoms with E-state index in [4.69, 9.17) is 5.10 Å². The fraction of sp³-hybridized carbons (Fsp3) is 0.200. The van der Waals surface area contributed by atoms with Crippen molar-refractivity contribution in [1.29, 1.82) is 0 Å². The van der Waals surface area contributed by atoms with Crippen LogP contribution in [-0.2, 0) is 10.5 Å². The molecule has 0 spiro atoms. The highest BCUT2D eigenvalue weighted by molar-refractivity contribution is 7.99. The minimum absolute atomic E-state index is 0.0249. The van der Waals surface area contributed by atoms with Crippen molar-refractivity contribution < 1.29 is 4.79 Å². The predicted molar refractivity (Wildman–Crippen MR) is 112 cm³/mol. The number of hydrogen-bond acceptors (Lipinski definition) is 5. The Bertz CT molecular complexity index is 873. The lowest BCUT2D eigenvalue weighted by atomic mass is 10.1. The standard InChI is InChI=1S/C20H18N2OS3/c23-20(14-24-13-15-6-2-1-3-7-15)22-17(19-9-5-11-26-19)12-16(21-22)18-8-4-10-25-18/h1-11,17H,12-14H2/t17-/m0/s1. The molecule has 2 aromatic heterocycles. The monoisotopic (exact) mass is 398 g/mol. The van der Waals surface area contributed by atoms with Gasteiger partial charge in [0.1, 0.15) is 0 Å². The van der Waals surface area contributed by atoms with Gasteiger partial charge in [-0.2, -0.15) is 5.10 Å². The number of amides is 1. The zero-order chi connectivity index (χ0) is 17.8. The molecule has 4 rings (SSSR count). The summed E-state index contributed by atoms with van der Waals surface area (Å²) in [6.07, 6.45) is 0.788. The molecule has 26 heavy (non-hydrogen) atoms. The summed E-state index contributed by atoms with van der Waals surface area (Å²) in [6, 6.07) is 18.5. The van der Waals surface area contributed by atoms with Crippen molar-refractivity contribution >= 4 is 46.1 Å². The zero-order valence-electron chi connectivity index (χ0n) is 14.1. The second kappa shape index (κ2) is 8.20. The van der Waals surface area contributed by atoms with Gasteiger partial charge in [-0.25, -0.2) is 5.01 Å². The molecule has 1 amide bonds. The van der Waals surface area contributed by atoms with E-state index >= 15 is 0 Å². The minimum Gasteiger partial charge on any atom is -0.272 e. The van der Waals surface area contributed by atoms with Gasteiger partial charge in [0.25, 0.3) is 5.91 Å². The first-order valence-corrected chi connectivity index (χ1v) is 11.3. The molecule has 0 aliphatic carbocycles. The Hall–Kier alpha value is -1.89. The average molecular weight is 399 g/mol. The van der Waals surface area contributed by atoms with Crippen molar-refractivity contribution in [1.82, 2.24) is 5.01 Å². The van der Waals surface area contributed by atoms with Crippen LogP contribution in [0.2, 0.25) is 0 Å². The van der Waals surface area contributed by atoms with E-state index in [1.165, 1.54) is 10.4 Å². The number of benzene rings is 1. The highest BCUT2D eigenvalue weighted by Crippen LogP contribution is 2.36. The van der Waals surface area contributed by atoms with E-state index in [1.807, 2.05) is 30.3 Å². The van der Waals surface area contributed by atoms with Crippen LogP contribution < -0.4 is 0 Å². The Morgan fingerprint density at radius 2 is 1.88 bits per heavy atom. The summed E-state index contributed by atoms with van der Waals surface area (Å²) in [5, 5.41) is 10.5. The minimum atomic E-state index is 0.0249. The van der Waals surface area contributed by atoms with Crippen molar-refractivity contribution in [3.63, 3.8) is 0 Å². The van der Waals surface area contributed by atoms with Crippen LogP contribution in [0, 0.1) is 0 Å². The molecule has 0 fully saturated rings. The predicted octanol–water partition coefficient (Wildman–Crippen LogP) is 5.42. The summed E-state index contributed by atoms with van der Waals surface area (Å²) >= 11 is 5.01. The lowest BCUT2D eigenvalue weighted by Crippen LogP contribution is -2.28. The molecule has 0 saturated heterocycles. The summed E-state index contributed by atoms with van der Waals surface area (Å²) < 4.78 is 0.